The van der Waals surface area contributed by atoms with E-state index in [0.29, 0.717) is 11.5 Å². The molecule has 1 aromatic heterocycles. The van der Waals surface area contributed by atoms with Crippen LogP contribution in [-0.4, -0.2) is 11.2 Å². The van der Waals surface area contributed by atoms with Crippen molar-refractivity contribution in [2.24, 2.45) is 5.41 Å². The molecule has 2 aliphatic carbocycles. The van der Waals surface area contributed by atoms with E-state index in [1.54, 1.807) is 0 Å². The lowest BCUT2D eigenvalue weighted by molar-refractivity contribution is 0.236. The molecule has 3 nitrogen and oxygen atoms in total. The van der Waals surface area contributed by atoms with E-state index in [2.05, 4.69) is 24.3 Å². The molecule has 2 aliphatic rings. The third-order valence-corrected chi connectivity index (χ3v) is 4.73. The minimum absolute atomic E-state index is 0.501. The maximum absolute atomic E-state index is 5.53. The average molecular weight is 248 g/mol. The largest absolute Gasteiger partial charge is 0.361 e. The van der Waals surface area contributed by atoms with Crippen LogP contribution in [0.5, 0.6) is 0 Å². The Bertz CT molecular complexity index is 416. The first kappa shape index (κ1) is 12.2. The van der Waals surface area contributed by atoms with Crippen LogP contribution in [0.25, 0.3) is 0 Å². The van der Waals surface area contributed by atoms with Gasteiger partial charge in [0.1, 0.15) is 11.5 Å². The second kappa shape index (κ2) is 4.69. The number of aromatic nitrogens is 1. The summed E-state index contributed by atoms with van der Waals surface area (Å²) in [6, 6.07) is 0.501. The highest BCUT2D eigenvalue weighted by atomic mass is 16.5. The van der Waals surface area contributed by atoms with Gasteiger partial charge in [0.15, 0.2) is 0 Å². The van der Waals surface area contributed by atoms with Gasteiger partial charge in [-0.2, -0.15) is 0 Å². The van der Waals surface area contributed by atoms with E-state index in [4.69, 9.17) is 4.52 Å². The van der Waals surface area contributed by atoms with Crippen LogP contribution >= 0.6 is 0 Å². The van der Waals surface area contributed by atoms with E-state index in [1.807, 2.05) is 0 Å². The molecule has 3 heteroatoms. The van der Waals surface area contributed by atoms with Crippen LogP contribution in [0.2, 0.25) is 0 Å². The van der Waals surface area contributed by atoms with Crippen LogP contribution in [0, 0.1) is 5.41 Å². The number of aryl methyl sites for hydroxylation is 1. The topological polar surface area (TPSA) is 38.1 Å². The SMILES string of the molecule is CC(C)NCc1noc2c1CC1(CCCC1)CC2. The monoisotopic (exact) mass is 248 g/mol. The smallest absolute Gasteiger partial charge is 0.140 e. The molecule has 1 heterocycles. The van der Waals surface area contributed by atoms with Crippen molar-refractivity contribution in [2.75, 3.05) is 0 Å². The summed E-state index contributed by atoms with van der Waals surface area (Å²) in [5, 5.41) is 7.74. The number of hydrogen-bond donors (Lipinski definition) is 1. The van der Waals surface area contributed by atoms with Crippen molar-refractivity contribution < 1.29 is 4.52 Å². The minimum atomic E-state index is 0.501. The van der Waals surface area contributed by atoms with Gasteiger partial charge in [0, 0.05) is 24.6 Å². The van der Waals surface area contributed by atoms with Crippen molar-refractivity contribution in [2.45, 2.75) is 71.4 Å². The second-order valence-electron chi connectivity index (χ2n) is 6.45. The Hall–Kier alpha value is -0.830. The van der Waals surface area contributed by atoms with Crippen molar-refractivity contribution in [1.82, 2.24) is 10.5 Å². The van der Waals surface area contributed by atoms with Gasteiger partial charge in [-0.1, -0.05) is 31.8 Å². The molecule has 0 aromatic carbocycles. The highest BCUT2D eigenvalue weighted by molar-refractivity contribution is 5.28. The molecular weight excluding hydrogens is 224 g/mol. The highest BCUT2D eigenvalue weighted by Crippen LogP contribution is 2.48. The number of hydrogen-bond acceptors (Lipinski definition) is 3. The zero-order valence-corrected chi connectivity index (χ0v) is 11.6. The summed E-state index contributed by atoms with van der Waals surface area (Å²) in [5.41, 5.74) is 3.17. The van der Waals surface area contributed by atoms with Gasteiger partial charge >= 0.3 is 0 Å². The van der Waals surface area contributed by atoms with Crippen molar-refractivity contribution in [3.05, 3.63) is 17.0 Å². The van der Waals surface area contributed by atoms with Crippen molar-refractivity contribution in [3.63, 3.8) is 0 Å². The van der Waals surface area contributed by atoms with Crippen LogP contribution in [-0.2, 0) is 19.4 Å². The summed E-state index contributed by atoms with van der Waals surface area (Å²) < 4.78 is 5.53. The first-order valence-electron chi connectivity index (χ1n) is 7.38. The van der Waals surface area contributed by atoms with Crippen LogP contribution < -0.4 is 5.32 Å². The van der Waals surface area contributed by atoms with E-state index in [0.717, 1.165) is 24.4 Å². The van der Waals surface area contributed by atoms with Gasteiger partial charge in [-0.05, 0) is 31.1 Å². The summed E-state index contributed by atoms with van der Waals surface area (Å²) in [6.45, 7) is 5.20. The van der Waals surface area contributed by atoms with Gasteiger partial charge < -0.3 is 9.84 Å². The maximum Gasteiger partial charge on any atom is 0.140 e. The molecule has 0 radical (unpaired) electrons. The molecule has 1 saturated carbocycles. The molecule has 0 aliphatic heterocycles. The third-order valence-electron chi connectivity index (χ3n) is 4.73. The summed E-state index contributed by atoms with van der Waals surface area (Å²) in [7, 11) is 0. The van der Waals surface area contributed by atoms with Gasteiger partial charge in [0.25, 0.3) is 0 Å². The molecule has 0 atom stereocenters. The van der Waals surface area contributed by atoms with Crippen LogP contribution in [0.1, 0.15) is 63.0 Å². The second-order valence-corrected chi connectivity index (χ2v) is 6.45. The lowest BCUT2D eigenvalue weighted by Gasteiger charge is -2.32. The highest BCUT2D eigenvalue weighted by Gasteiger charge is 2.39. The quantitative estimate of drug-likeness (QED) is 0.892. The molecule has 1 fully saturated rings. The van der Waals surface area contributed by atoms with Crippen molar-refractivity contribution in [1.29, 1.82) is 0 Å². The fraction of sp³-hybridized carbons (Fsp3) is 0.800. The van der Waals surface area contributed by atoms with E-state index in [9.17, 15) is 0 Å². The van der Waals surface area contributed by atoms with E-state index in [-0.39, 0.29) is 0 Å². The molecular formula is C15H24N2O. The first-order chi connectivity index (χ1) is 8.69. The lowest BCUT2D eigenvalue weighted by atomic mass is 9.72. The fourth-order valence-corrected chi connectivity index (χ4v) is 3.61. The Morgan fingerprint density at radius 2 is 2.06 bits per heavy atom. The van der Waals surface area contributed by atoms with Gasteiger partial charge in [-0.15, -0.1) is 0 Å². The molecule has 1 spiro atoms. The number of nitrogens with zero attached hydrogens (tertiary/aromatic N) is 1. The average Bonchev–Trinajstić information content (AvgIpc) is 2.94. The van der Waals surface area contributed by atoms with Crippen LogP contribution in [0.15, 0.2) is 4.52 Å². The Balaban J connectivity index is 1.78. The Morgan fingerprint density at radius 1 is 1.28 bits per heavy atom. The van der Waals surface area contributed by atoms with Crippen LogP contribution in [0.4, 0.5) is 0 Å². The maximum atomic E-state index is 5.53. The van der Waals surface area contributed by atoms with Gasteiger partial charge in [-0.25, -0.2) is 0 Å². The predicted octanol–water partition coefficient (Wildman–Crippen LogP) is 3.22. The first-order valence-corrected chi connectivity index (χ1v) is 7.38. The molecule has 0 bridgehead atoms. The Labute approximate surface area is 109 Å². The number of rotatable bonds is 3. The number of fused-ring (bicyclic) bond motifs is 1. The Morgan fingerprint density at radius 3 is 2.78 bits per heavy atom. The van der Waals surface area contributed by atoms with Crippen LogP contribution in [0.3, 0.4) is 0 Å². The molecule has 0 amide bonds. The van der Waals surface area contributed by atoms with E-state index >= 15 is 0 Å². The molecule has 0 saturated heterocycles. The summed E-state index contributed by atoms with van der Waals surface area (Å²) in [4.78, 5) is 0. The summed E-state index contributed by atoms with van der Waals surface area (Å²) in [6.07, 6.45) is 9.28. The molecule has 0 unspecified atom stereocenters. The van der Waals surface area contributed by atoms with Gasteiger partial charge in [0.2, 0.25) is 0 Å². The fourth-order valence-electron chi connectivity index (χ4n) is 3.61. The predicted molar refractivity (Wildman–Crippen MR) is 71.4 cm³/mol. The zero-order valence-electron chi connectivity index (χ0n) is 11.6. The molecule has 1 aromatic rings. The number of nitrogens with one attached hydrogen (secondary N) is 1. The molecule has 1 N–H and O–H groups in total. The zero-order chi connectivity index (χ0) is 12.6. The summed E-state index contributed by atoms with van der Waals surface area (Å²) in [5.74, 6) is 1.16. The van der Waals surface area contributed by atoms with Crippen molar-refractivity contribution in [3.8, 4) is 0 Å². The van der Waals surface area contributed by atoms with Gasteiger partial charge in [0.05, 0.1) is 0 Å². The Kier molecular flexibility index (Phi) is 3.18. The molecule has 3 rings (SSSR count). The van der Waals surface area contributed by atoms with E-state index in [1.165, 1.54) is 44.1 Å². The normalized spacial score (nSPS) is 21.7. The minimum Gasteiger partial charge on any atom is -0.361 e. The lowest BCUT2D eigenvalue weighted by Crippen LogP contribution is -2.27. The van der Waals surface area contributed by atoms with Gasteiger partial charge in [-0.3, -0.25) is 0 Å². The van der Waals surface area contributed by atoms with E-state index < -0.39 is 0 Å². The van der Waals surface area contributed by atoms with Crippen molar-refractivity contribution >= 4 is 0 Å². The summed E-state index contributed by atoms with van der Waals surface area (Å²) >= 11 is 0. The third kappa shape index (κ3) is 2.20. The standard InChI is InChI=1S/C15H24N2O/c1-11(2)16-10-13-12-9-15(6-3-4-7-15)8-5-14(12)18-17-13/h11,16H,3-10H2,1-2H3. The molecule has 18 heavy (non-hydrogen) atoms. The molecule has 100 valence electrons.